The SMILES string of the molecule is COc1nccnc1C1CCNCC1C. The van der Waals surface area contributed by atoms with Gasteiger partial charge in [-0.3, -0.25) is 4.98 Å². The van der Waals surface area contributed by atoms with E-state index in [9.17, 15) is 0 Å². The van der Waals surface area contributed by atoms with E-state index in [4.69, 9.17) is 4.74 Å². The van der Waals surface area contributed by atoms with Crippen molar-refractivity contribution in [3.63, 3.8) is 0 Å². The Hall–Kier alpha value is -1.16. The largest absolute Gasteiger partial charge is 0.480 e. The Labute approximate surface area is 90.1 Å². The van der Waals surface area contributed by atoms with Crippen LogP contribution in [0.2, 0.25) is 0 Å². The maximum absolute atomic E-state index is 5.25. The minimum Gasteiger partial charge on any atom is -0.480 e. The zero-order valence-corrected chi connectivity index (χ0v) is 9.23. The normalized spacial score (nSPS) is 26.3. The van der Waals surface area contributed by atoms with Crippen LogP contribution in [-0.4, -0.2) is 30.2 Å². The molecular formula is C11H17N3O. The second kappa shape index (κ2) is 4.57. The summed E-state index contributed by atoms with van der Waals surface area (Å²) in [6, 6.07) is 0. The van der Waals surface area contributed by atoms with Gasteiger partial charge in [-0.25, -0.2) is 4.98 Å². The third-order valence-electron chi connectivity index (χ3n) is 3.02. The molecule has 0 saturated carbocycles. The Morgan fingerprint density at radius 3 is 2.93 bits per heavy atom. The van der Waals surface area contributed by atoms with Gasteiger partial charge >= 0.3 is 0 Å². The van der Waals surface area contributed by atoms with Crippen LogP contribution in [0.25, 0.3) is 0 Å². The van der Waals surface area contributed by atoms with Gasteiger partial charge < -0.3 is 10.1 Å². The van der Waals surface area contributed by atoms with E-state index in [0.717, 1.165) is 25.2 Å². The molecule has 0 aromatic carbocycles. The third-order valence-corrected chi connectivity index (χ3v) is 3.02. The van der Waals surface area contributed by atoms with Crippen molar-refractivity contribution in [1.82, 2.24) is 15.3 Å². The van der Waals surface area contributed by atoms with Crippen molar-refractivity contribution in [2.45, 2.75) is 19.3 Å². The second-order valence-corrected chi connectivity index (χ2v) is 4.03. The van der Waals surface area contributed by atoms with Gasteiger partial charge in [0.1, 0.15) is 5.69 Å². The zero-order chi connectivity index (χ0) is 10.7. The van der Waals surface area contributed by atoms with Gasteiger partial charge in [0.2, 0.25) is 5.88 Å². The molecule has 0 bridgehead atoms. The molecule has 0 spiro atoms. The Kier molecular flexibility index (Phi) is 3.16. The highest BCUT2D eigenvalue weighted by Crippen LogP contribution is 2.32. The van der Waals surface area contributed by atoms with Gasteiger partial charge in [-0.1, -0.05) is 6.92 Å². The molecule has 1 aromatic rings. The molecule has 0 amide bonds. The summed E-state index contributed by atoms with van der Waals surface area (Å²) in [6.07, 6.45) is 4.52. The van der Waals surface area contributed by atoms with E-state index in [1.807, 2.05) is 0 Å². The number of piperidine rings is 1. The summed E-state index contributed by atoms with van der Waals surface area (Å²) in [4.78, 5) is 8.61. The molecule has 2 atom stereocenters. The lowest BCUT2D eigenvalue weighted by Crippen LogP contribution is -2.34. The van der Waals surface area contributed by atoms with Gasteiger partial charge in [0.15, 0.2) is 0 Å². The van der Waals surface area contributed by atoms with Crippen LogP contribution < -0.4 is 10.1 Å². The minimum atomic E-state index is 0.467. The van der Waals surface area contributed by atoms with Gasteiger partial charge in [0, 0.05) is 18.3 Å². The number of hydrogen-bond donors (Lipinski definition) is 1. The van der Waals surface area contributed by atoms with Crippen LogP contribution in [0.1, 0.15) is 25.0 Å². The van der Waals surface area contributed by atoms with E-state index < -0.39 is 0 Å². The molecule has 4 heteroatoms. The van der Waals surface area contributed by atoms with Crippen LogP contribution in [0.3, 0.4) is 0 Å². The van der Waals surface area contributed by atoms with Crippen LogP contribution in [0.15, 0.2) is 12.4 Å². The van der Waals surface area contributed by atoms with E-state index >= 15 is 0 Å². The molecular weight excluding hydrogens is 190 g/mol. The highest BCUT2D eigenvalue weighted by atomic mass is 16.5. The Morgan fingerprint density at radius 1 is 1.40 bits per heavy atom. The van der Waals surface area contributed by atoms with Crippen molar-refractivity contribution in [3.8, 4) is 5.88 Å². The Bertz CT molecular complexity index is 329. The lowest BCUT2D eigenvalue weighted by molar-refractivity contribution is 0.322. The monoisotopic (exact) mass is 207 g/mol. The van der Waals surface area contributed by atoms with Crippen molar-refractivity contribution >= 4 is 0 Å². The number of rotatable bonds is 2. The predicted molar refractivity (Wildman–Crippen MR) is 58.0 cm³/mol. The van der Waals surface area contributed by atoms with Gasteiger partial charge in [-0.05, 0) is 25.4 Å². The second-order valence-electron chi connectivity index (χ2n) is 4.03. The summed E-state index contributed by atoms with van der Waals surface area (Å²) < 4.78 is 5.25. The molecule has 1 fully saturated rings. The van der Waals surface area contributed by atoms with Crippen molar-refractivity contribution in [3.05, 3.63) is 18.1 Å². The third kappa shape index (κ3) is 2.09. The fraction of sp³-hybridized carbons (Fsp3) is 0.636. The summed E-state index contributed by atoms with van der Waals surface area (Å²) in [5, 5.41) is 3.38. The Balaban J connectivity index is 2.26. The highest BCUT2D eigenvalue weighted by Gasteiger charge is 2.26. The number of ether oxygens (including phenoxy) is 1. The quantitative estimate of drug-likeness (QED) is 0.791. The molecule has 1 aromatic heterocycles. The maximum Gasteiger partial charge on any atom is 0.235 e. The molecule has 2 heterocycles. The van der Waals surface area contributed by atoms with E-state index in [1.54, 1.807) is 19.5 Å². The van der Waals surface area contributed by atoms with Gasteiger partial charge in [-0.15, -0.1) is 0 Å². The van der Waals surface area contributed by atoms with Crippen LogP contribution in [-0.2, 0) is 0 Å². The first-order chi connectivity index (χ1) is 7.33. The van der Waals surface area contributed by atoms with Crippen molar-refractivity contribution in [2.75, 3.05) is 20.2 Å². The summed E-state index contributed by atoms with van der Waals surface area (Å²) in [5.74, 6) is 1.73. The molecule has 82 valence electrons. The first-order valence-electron chi connectivity index (χ1n) is 5.38. The van der Waals surface area contributed by atoms with Crippen molar-refractivity contribution in [2.24, 2.45) is 5.92 Å². The minimum absolute atomic E-state index is 0.467. The lowest BCUT2D eigenvalue weighted by Gasteiger charge is -2.29. The summed E-state index contributed by atoms with van der Waals surface area (Å²) in [5.41, 5.74) is 1.01. The summed E-state index contributed by atoms with van der Waals surface area (Å²) >= 11 is 0. The fourth-order valence-corrected chi connectivity index (χ4v) is 2.17. The van der Waals surface area contributed by atoms with Crippen LogP contribution in [0.5, 0.6) is 5.88 Å². The number of nitrogens with one attached hydrogen (secondary N) is 1. The summed E-state index contributed by atoms with van der Waals surface area (Å²) in [6.45, 7) is 4.34. The number of hydrogen-bond acceptors (Lipinski definition) is 4. The molecule has 15 heavy (non-hydrogen) atoms. The van der Waals surface area contributed by atoms with Crippen molar-refractivity contribution < 1.29 is 4.74 Å². The highest BCUT2D eigenvalue weighted by molar-refractivity contribution is 5.23. The predicted octanol–water partition coefficient (Wildman–Crippen LogP) is 1.20. The number of aromatic nitrogens is 2. The molecule has 1 saturated heterocycles. The first kappa shape index (κ1) is 10.4. The maximum atomic E-state index is 5.25. The summed E-state index contributed by atoms with van der Waals surface area (Å²) in [7, 11) is 1.65. The Morgan fingerprint density at radius 2 is 2.20 bits per heavy atom. The van der Waals surface area contributed by atoms with E-state index in [2.05, 4.69) is 22.2 Å². The van der Waals surface area contributed by atoms with E-state index in [1.165, 1.54) is 0 Å². The molecule has 4 nitrogen and oxygen atoms in total. The fourth-order valence-electron chi connectivity index (χ4n) is 2.17. The van der Waals surface area contributed by atoms with Gasteiger partial charge in [0.05, 0.1) is 7.11 Å². The van der Waals surface area contributed by atoms with Crippen molar-refractivity contribution in [1.29, 1.82) is 0 Å². The van der Waals surface area contributed by atoms with E-state index in [0.29, 0.717) is 17.7 Å². The van der Waals surface area contributed by atoms with Crippen LogP contribution in [0.4, 0.5) is 0 Å². The number of methoxy groups -OCH3 is 1. The number of nitrogens with zero attached hydrogens (tertiary/aromatic N) is 2. The van der Waals surface area contributed by atoms with Gasteiger partial charge in [0.25, 0.3) is 0 Å². The molecule has 1 N–H and O–H groups in total. The van der Waals surface area contributed by atoms with Gasteiger partial charge in [-0.2, -0.15) is 0 Å². The molecule has 1 aliphatic rings. The smallest absolute Gasteiger partial charge is 0.235 e. The molecule has 0 radical (unpaired) electrons. The molecule has 1 aliphatic heterocycles. The van der Waals surface area contributed by atoms with Crippen LogP contribution in [0, 0.1) is 5.92 Å². The first-order valence-corrected chi connectivity index (χ1v) is 5.38. The average Bonchev–Trinajstić information content (AvgIpc) is 2.30. The molecule has 2 rings (SSSR count). The molecule has 2 unspecified atom stereocenters. The lowest BCUT2D eigenvalue weighted by atomic mass is 9.85. The zero-order valence-electron chi connectivity index (χ0n) is 9.23. The average molecular weight is 207 g/mol. The van der Waals surface area contributed by atoms with E-state index in [-0.39, 0.29) is 0 Å². The van der Waals surface area contributed by atoms with Crippen LogP contribution >= 0.6 is 0 Å². The molecule has 0 aliphatic carbocycles. The topological polar surface area (TPSA) is 47.0 Å². The standard InChI is InChI=1S/C11H17N3O/c1-8-7-12-4-3-9(8)10-11(15-2)14-6-5-13-10/h5-6,8-9,12H,3-4,7H2,1-2H3.